The zero-order chi connectivity index (χ0) is 22.6. The second kappa shape index (κ2) is 10.1. The number of ketones is 1. The number of likely N-dealkylation sites (tertiary alicyclic amines) is 1. The van der Waals surface area contributed by atoms with Gasteiger partial charge < -0.3 is 14.4 Å². The van der Waals surface area contributed by atoms with Gasteiger partial charge in [-0.05, 0) is 69.7 Å². The van der Waals surface area contributed by atoms with Gasteiger partial charge in [-0.2, -0.15) is 22.0 Å². The molecule has 2 unspecified atom stereocenters. The lowest BCUT2D eigenvalue weighted by Gasteiger charge is -2.29. The van der Waals surface area contributed by atoms with E-state index in [1.165, 1.54) is 12.8 Å². The Morgan fingerprint density at radius 3 is 2.42 bits per heavy atom. The van der Waals surface area contributed by atoms with E-state index >= 15 is 0 Å². The van der Waals surface area contributed by atoms with Crippen LogP contribution in [0.4, 0.5) is 22.0 Å². The maximum absolute atomic E-state index is 13.1. The summed E-state index contributed by atoms with van der Waals surface area (Å²) in [5, 5.41) is 0. The van der Waals surface area contributed by atoms with Crippen LogP contribution >= 0.6 is 0 Å². The molecule has 1 aromatic rings. The summed E-state index contributed by atoms with van der Waals surface area (Å²) in [5.74, 6) is -1.29. The van der Waals surface area contributed by atoms with Crippen molar-refractivity contribution >= 4 is 5.78 Å². The minimum Gasteiger partial charge on any atom is -0.496 e. The summed E-state index contributed by atoms with van der Waals surface area (Å²) in [7, 11) is 1.09. The van der Waals surface area contributed by atoms with Crippen molar-refractivity contribution in [1.29, 1.82) is 0 Å². The lowest BCUT2D eigenvalue weighted by molar-refractivity contribution is -0.138. The highest BCUT2D eigenvalue weighted by molar-refractivity contribution is 6.01. The molecule has 0 spiro atoms. The van der Waals surface area contributed by atoms with Gasteiger partial charge in [0.05, 0.1) is 12.7 Å². The molecule has 2 aliphatic rings. The largest absolute Gasteiger partial charge is 0.496 e. The van der Waals surface area contributed by atoms with E-state index in [-0.39, 0.29) is 12.0 Å². The first kappa shape index (κ1) is 23.8. The van der Waals surface area contributed by atoms with Gasteiger partial charge in [-0.1, -0.05) is 6.42 Å². The third-order valence-electron chi connectivity index (χ3n) is 6.32. The van der Waals surface area contributed by atoms with Crippen LogP contribution in [0.25, 0.3) is 0 Å². The Balaban J connectivity index is 1.71. The molecule has 1 saturated heterocycles. The highest BCUT2D eigenvalue weighted by Gasteiger charge is 2.35. The minimum atomic E-state index is -4.79. The summed E-state index contributed by atoms with van der Waals surface area (Å²) in [6.45, 7) is -1.15. The van der Waals surface area contributed by atoms with Gasteiger partial charge >= 0.3 is 12.8 Å². The smallest absolute Gasteiger partial charge is 0.416 e. The van der Waals surface area contributed by atoms with Gasteiger partial charge in [-0.15, -0.1) is 0 Å². The van der Waals surface area contributed by atoms with Gasteiger partial charge in [-0.25, -0.2) is 0 Å². The molecule has 1 heterocycles. The van der Waals surface area contributed by atoms with Crippen LogP contribution in [0.1, 0.15) is 67.3 Å². The molecule has 0 bridgehead atoms. The highest BCUT2D eigenvalue weighted by atomic mass is 19.4. The molecule has 0 radical (unpaired) electrons. The molecule has 2 fully saturated rings. The lowest BCUT2D eigenvalue weighted by atomic mass is 9.93. The van der Waals surface area contributed by atoms with Gasteiger partial charge in [-0.3, -0.25) is 4.79 Å². The third kappa shape index (κ3) is 5.87. The van der Waals surface area contributed by atoms with E-state index in [4.69, 9.17) is 4.74 Å². The third-order valence-corrected chi connectivity index (χ3v) is 6.32. The van der Waals surface area contributed by atoms with E-state index in [0.29, 0.717) is 30.5 Å². The number of rotatable bonds is 9. The maximum Gasteiger partial charge on any atom is 0.416 e. The number of Topliss-reactive ketones (excluding diaryl/α,β-unsaturated/α-hetero) is 1. The summed E-state index contributed by atoms with van der Waals surface area (Å²) in [5.41, 5.74) is -1.57. The molecule has 1 aliphatic heterocycles. The number of carbonyl (C=O) groups excluding carboxylic acids is 1. The van der Waals surface area contributed by atoms with Crippen LogP contribution in [0, 0.1) is 5.92 Å². The number of carbonyl (C=O) groups is 1. The second-order valence-corrected chi connectivity index (χ2v) is 8.24. The average Bonchev–Trinajstić information content (AvgIpc) is 3.37. The van der Waals surface area contributed by atoms with E-state index in [1.807, 2.05) is 0 Å². The average molecular weight is 449 g/mol. The molecule has 31 heavy (non-hydrogen) atoms. The molecular formula is C22H28F5NO3. The maximum atomic E-state index is 13.1. The van der Waals surface area contributed by atoms with E-state index in [2.05, 4.69) is 9.64 Å². The van der Waals surface area contributed by atoms with Crippen molar-refractivity contribution in [1.82, 2.24) is 4.90 Å². The van der Waals surface area contributed by atoms with Crippen LogP contribution in [-0.4, -0.2) is 43.5 Å². The van der Waals surface area contributed by atoms with Crippen LogP contribution in [-0.2, 0) is 6.18 Å². The van der Waals surface area contributed by atoms with Crippen molar-refractivity contribution in [3.63, 3.8) is 0 Å². The number of hydrogen-bond acceptors (Lipinski definition) is 4. The Hall–Kier alpha value is -1.90. The molecule has 0 aromatic heterocycles. The molecule has 1 aromatic carbocycles. The van der Waals surface area contributed by atoms with Gasteiger partial charge in [0.1, 0.15) is 17.1 Å². The first-order valence-electron chi connectivity index (χ1n) is 10.7. The molecule has 1 saturated carbocycles. The topological polar surface area (TPSA) is 38.8 Å². The van der Waals surface area contributed by atoms with Crippen LogP contribution in [0.5, 0.6) is 11.5 Å². The number of benzene rings is 1. The first-order chi connectivity index (χ1) is 14.7. The van der Waals surface area contributed by atoms with Crippen molar-refractivity contribution in [2.45, 2.75) is 70.2 Å². The van der Waals surface area contributed by atoms with Gasteiger partial charge in [0, 0.05) is 12.5 Å². The highest BCUT2D eigenvalue weighted by Crippen LogP contribution is 2.40. The van der Waals surface area contributed by atoms with Gasteiger partial charge in [0.15, 0.2) is 5.78 Å². The van der Waals surface area contributed by atoms with Crippen molar-refractivity contribution < 1.29 is 36.2 Å². The summed E-state index contributed by atoms with van der Waals surface area (Å²) in [6.07, 6.45) is 2.42. The van der Waals surface area contributed by atoms with Crippen LogP contribution < -0.4 is 9.47 Å². The van der Waals surface area contributed by atoms with Gasteiger partial charge in [0.2, 0.25) is 0 Å². The van der Waals surface area contributed by atoms with Crippen LogP contribution in [0.15, 0.2) is 12.1 Å². The molecular weight excluding hydrogens is 421 g/mol. The number of hydrogen-bond donors (Lipinski definition) is 0. The fourth-order valence-corrected chi connectivity index (χ4v) is 4.94. The van der Waals surface area contributed by atoms with E-state index in [9.17, 15) is 26.7 Å². The quantitative estimate of drug-likeness (QED) is 0.346. The zero-order valence-electron chi connectivity index (χ0n) is 17.5. The molecule has 2 atom stereocenters. The Morgan fingerprint density at radius 2 is 1.81 bits per heavy atom. The van der Waals surface area contributed by atoms with Crippen molar-refractivity contribution in [2.24, 2.45) is 5.92 Å². The predicted octanol–water partition coefficient (Wildman–Crippen LogP) is 5.93. The Morgan fingerprint density at radius 1 is 1.13 bits per heavy atom. The molecule has 174 valence electrons. The molecule has 0 amide bonds. The van der Waals surface area contributed by atoms with Gasteiger partial charge in [0.25, 0.3) is 0 Å². The number of halogens is 5. The fourth-order valence-electron chi connectivity index (χ4n) is 4.94. The fraction of sp³-hybridized carbons (Fsp3) is 0.682. The SMILES string of the molecule is COc1cc(C(F)(F)F)cc(OC(F)F)c1C(=O)CCCC1CCCC1N1CCCC1. The molecule has 1 aliphatic carbocycles. The summed E-state index contributed by atoms with van der Waals surface area (Å²) >= 11 is 0. The Labute approximate surface area is 178 Å². The van der Waals surface area contributed by atoms with Crippen molar-refractivity contribution in [3.05, 3.63) is 23.3 Å². The molecule has 3 rings (SSSR count). The normalized spacial score (nSPS) is 22.3. The first-order valence-corrected chi connectivity index (χ1v) is 10.7. The van der Waals surface area contributed by atoms with E-state index in [0.717, 1.165) is 45.9 Å². The number of methoxy groups -OCH3 is 1. The Bertz CT molecular complexity index is 762. The second-order valence-electron chi connectivity index (χ2n) is 8.24. The summed E-state index contributed by atoms with van der Waals surface area (Å²) in [6, 6.07) is 1.60. The zero-order valence-corrected chi connectivity index (χ0v) is 17.5. The Kier molecular flexibility index (Phi) is 7.78. The summed E-state index contributed by atoms with van der Waals surface area (Å²) < 4.78 is 74.2. The minimum absolute atomic E-state index is 0.0323. The lowest BCUT2D eigenvalue weighted by Crippen LogP contribution is -2.35. The summed E-state index contributed by atoms with van der Waals surface area (Å²) in [4.78, 5) is 15.3. The van der Waals surface area contributed by atoms with E-state index < -0.39 is 35.6 Å². The van der Waals surface area contributed by atoms with Crippen molar-refractivity contribution in [3.8, 4) is 11.5 Å². The standard InChI is InChI=1S/C22H28F5NO3/c1-30-18-12-15(22(25,26)27)13-19(31-21(23)24)20(18)17(29)9-5-7-14-6-4-8-16(14)28-10-2-3-11-28/h12-14,16,21H,2-11H2,1H3. The molecule has 0 N–H and O–H groups in total. The predicted molar refractivity (Wildman–Crippen MR) is 105 cm³/mol. The number of ether oxygens (including phenoxy) is 2. The number of nitrogens with zero attached hydrogens (tertiary/aromatic N) is 1. The van der Waals surface area contributed by atoms with E-state index in [1.54, 1.807) is 0 Å². The molecule has 4 nitrogen and oxygen atoms in total. The van der Waals surface area contributed by atoms with Crippen molar-refractivity contribution in [2.75, 3.05) is 20.2 Å². The number of alkyl halides is 5. The molecule has 9 heteroatoms. The monoisotopic (exact) mass is 449 g/mol. The van der Waals surface area contributed by atoms with Crippen LogP contribution in [0.3, 0.4) is 0 Å². The van der Waals surface area contributed by atoms with Crippen LogP contribution in [0.2, 0.25) is 0 Å².